The predicted octanol–water partition coefficient (Wildman–Crippen LogP) is 7.96. The number of hydrogen-bond donors (Lipinski definition) is 1. The highest BCUT2D eigenvalue weighted by Gasteiger charge is 2.54. The van der Waals surface area contributed by atoms with E-state index in [1.54, 1.807) is 0 Å². The first-order valence-corrected chi connectivity index (χ1v) is 17.2. The molecule has 0 radical (unpaired) electrons. The number of ether oxygens (including phenoxy) is 2. The van der Waals surface area contributed by atoms with Gasteiger partial charge < -0.3 is 19.0 Å². The van der Waals surface area contributed by atoms with Crippen LogP contribution in [0.1, 0.15) is 110 Å². The number of aromatic nitrogens is 1. The molecule has 1 N–H and O–H groups in total. The van der Waals surface area contributed by atoms with E-state index in [4.69, 9.17) is 18.9 Å². The van der Waals surface area contributed by atoms with Crippen LogP contribution < -0.4 is 0 Å². The summed E-state index contributed by atoms with van der Waals surface area (Å²) in [6, 6.07) is 4.80. The first kappa shape index (κ1) is 30.2. The molecule has 0 bridgehead atoms. The summed E-state index contributed by atoms with van der Waals surface area (Å²) in [5.41, 5.74) is 1.41. The Bertz CT molecular complexity index is 1340. The molecule has 1 spiro atoms. The van der Waals surface area contributed by atoms with Crippen molar-refractivity contribution in [2.45, 2.75) is 102 Å². The summed E-state index contributed by atoms with van der Waals surface area (Å²) < 4.78 is 59.7. The van der Waals surface area contributed by atoms with Gasteiger partial charge in [-0.15, -0.1) is 0 Å². The van der Waals surface area contributed by atoms with Gasteiger partial charge in [-0.2, -0.15) is 13.2 Å². The minimum absolute atomic E-state index is 0.0536. The average Bonchev–Trinajstić information content (AvgIpc) is 3.15. The monoisotopic (exact) mass is 591 g/mol. The second kappa shape index (κ2) is 9.89. The second-order valence-corrected chi connectivity index (χ2v) is 18.8. The number of carboxylic acid groups (broad SMARTS) is 1. The van der Waals surface area contributed by atoms with Gasteiger partial charge in [-0.3, -0.25) is 0 Å². The Hall–Kier alpha value is -2.27. The molecule has 2 unspecified atom stereocenters. The van der Waals surface area contributed by atoms with Crippen molar-refractivity contribution in [2.24, 2.45) is 5.41 Å². The van der Waals surface area contributed by atoms with Crippen molar-refractivity contribution in [3.8, 4) is 0 Å². The van der Waals surface area contributed by atoms with E-state index in [-0.39, 0.29) is 22.3 Å². The summed E-state index contributed by atoms with van der Waals surface area (Å²) in [7, 11) is -2.27. The summed E-state index contributed by atoms with van der Waals surface area (Å²) in [4.78, 5) is 17.5. The Morgan fingerprint density at radius 3 is 2.22 bits per heavy atom. The zero-order chi connectivity index (χ0) is 30.2. The number of pyridine rings is 1. The SMILES string of the molecule is CC1(C)Cc2nc(C(=O)O)c3c(c2C(O[Si](C)(C)C(C)(C)C)C1)C1(CCOCC1)OC3c1ccc(C(F)(F)F)cc1. The minimum atomic E-state index is -4.48. The van der Waals surface area contributed by atoms with Crippen LogP contribution >= 0.6 is 0 Å². The van der Waals surface area contributed by atoms with Gasteiger partial charge in [0.15, 0.2) is 14.0 Å². The normalized spacial score (nSPS) is 23.8. The van der Waals surface area contributed by atoms with Crippen LogP contribution in [0.25, 0.3) is 0 Å². The zero-order valence-electron chi connectivity index (χ0n) is 24.9. The molecule has 3 aliphatic rings. The molecule has 1 saturated heterocycles. The lowest BCUT2D eigenvalue weighted by Gasteiger charge is -2.46. The van der Waals surface area contributed by atoms with E-state index in [1.807, 2.05) is 0 Å². The molecule has 2 aromatic rings. The van der Waals surface area contributed by atoms with Gasteiger partial charge >= 0.3 is 12.1 Å². The third-order valence-electron chi connectivity index (χ3n) is 9.41. The maximum Gasteiger partial charge on any atom is 0.416 e. The van der Waals surface area contributed by atoms with Gasteiger partial charge in [0.05, 0.1) is 17.3 Å². The fourth-order valence-electron chi connectivity index (χ4n) is 6.31. The largest absolute Gasteiger partial charge is 0.477 e. The molecule has 2 atom stereocenters. The minimum Gasteiger partial charge on any atom is -0.477 e. The highest BCUT2D eigenvalue weighted by Crippen LogP contribution is 2.58. The number of fused-ring (bicyclic) bond motifs is 4. The van der Waals surface area contributed by atoms with E-state index >= 15 is 0 Å². The van der Waals surface area contributed by atoms with Crippen molar-refractivity contribution < 1.29 is 37.0 Å². The van der Waals surface area contributed by atoms with E-state index in [9.17, 15) is 23.1 Å². The maximum atomic E-state index is 13.4. The summed E-state index contributed by atoms with van der Waals surface area (Å²) in [5, 5.41) is 10.4. The van der Waals surface area contributed by atoms with E-state index in [0.717, 1.165) is 29.7 Å². The van der Waals surface area contributed by atoms with Crippen LogP contribution in [0.5, 0.6) is 0 Å². The maximum absolute atomic E-state index is 13.4. The average molecular weight is 592 g/mol. The van der Waals surface area contributed by atoms with Crippen molar-refractivity contribution in [1.82, 2.24) is 4.98 Å². The van der Waals surface area contributed by atoms with Gasteiger partial charge in [0.1, 0.15) is 6.10 Å². The number of aromatic carboxylic acids is 1. The molecule has 5 rings (SSSR count). The lowest BCUT2D eigenvalue weighted by atomic mass is 9.70. The molecule has 1 aliphatic carbocycles. The van der Waals surface area contributed by atoms with Crippen molar-refractivity contribution in [1.29, 1.82) is 0 Å². The molecule has 1 aromatic heterocycles. The van der Waals surface area contributed by atoms with E-state index < -0.39 is 37.7 Å². The topological polar surface area (TPSA) is 77.9 Å². The van der Waals surface area contributed by atoms with Crippen LogP contribution in [-0.2, 0) is 32.1 Å². The molecule has 224 valence electrons. The number of carboxylic acids is 1. The summed E-state index contributed by atoms with van der Waals surface area (Å²) in [6.07, 6.45) is -3.34. The Morgan fingerprint density at radius 1 is 1.07 bits per heavy atom. The van der Waals surface area contributed by atoms with Gasteiger partial charge in [-0.1, -0.05) is 46.8 Å². The summed E-state index contributed by atoms with van der Waals surface area (Å²) >= 11 is 0. The summed E-state index contributed by atoms with van der Waals surface area (Å²) in [6.45, 7) is 16.1. The molecule has 0 amide bonds. The Labute approximate surface area is 240 Å². The van der Waals surface area contributed by atoms with Crippen LogP contribution in [0.15, 0.2) is 24.3 Å². The molecule has 10 heteroatoms. The number of carbonyl (C=O) groups is 1. The molecule has 41 heavy (non-hydrogen) atoms. The standard InChI is InChI=1S/C31H40F3NO5Si/c1-28(2,3)41(6,7)40-21-17-29(4,5)16-20-22(21)24-23(25(35-20)27(36)37)26(39-30(24)12-14-38-15-13-30)18-8-10-19(11-9-18)31(32,33)34/h8-11,21,26H,12-17H2,1-7H3,(H,36,37). The Kier molecular flexibility index (Phi) is 7.28. The number of alkyl halides is 3. The van der Waals surface area contributed by atoms with Crippen LogP contribution in [0.2, 0.25) is 18.1 Å². The molecule has 6 nitrogen and oxygen atoms in total. The number of benzene rings is 1. The van der Waals surface area contributed by atoms with Gasteiger partial charge in [0.2, 0.25) is 0 Å². The van der Waals surface area contributed by atoms with Gasteiger partial charge in [0.25, 0.3) is 0 Å². The zero-order valence-corrected chi connectivity index (χ0v) is 25.9. The molecular weight excluding hydrogens is 551 g/mol. The van der Waals surface area contributed by atoms with E-state index in [2.05, 4.69) is 47.7 Å². The number of nitrogens with zero attached hydrogens (tertiary/aromatic N) is 1. The van der Waals surface area contributed by atoms with Crippen LogP contribution in [0.3, 0.4) is 0 Å². The van der Waals surface area contributed by atoms with E-state index in [0.29, 0.717) is 49.3 Å². The third-order valence-corrected chi connectivity index (χ3v) is 13.9. The summed E-state index contributed by atoms with van der Waals surface area (Å²) in [5.74, 6) is -1.18. The van der Waals surface area contributed by atoms with Crippen molar-refractivity contribution in [3.05, 3.63) is 63.5 Å². The number of hydrogen-bond acceptors (Lipinski definition) is 5. The van der Waals surface area contributed by atoms with Crippen molar-refractivity contribution in [3.63, 3.8) is 0 Å². The molecule has 3 heterocycles. The fraction of sp³-hybridized carbons (Fsp3) is 0.613. The third kappa shape index (κ3) is 5.37. The molecule has 1 aromatic carbocycles. The van der Waals surface area contributed by atoms with Gasteiger partial charge in [-0.25, -0.2) is 9.78 Å². The second-order valence-electron chi connectivity index (χ2n) is 14.1. The van der Waals surface area contributed by atoms with Gasteiger partial charge in [-0.05, 0) is 54.1 Å². The smallest absolute Gasteiger partial charge is 0.416 e. The molecule has 0 saturated carbocycles. The Morgan fingerprint density at radius 2 is 1.68 bits per heavy atom. The molecular formula is C31H40F3NO5Si. The predicted molar refractivity (Wildman–Crippen MR) is 150 cm³/mol. The molecule has 1 fully saturated rings. The van der Waals surface area contributed by atoms with Crippen LogP contribution in [0.4, 0.5) is 13.2 Å². The number of rotatable bonds is 4. The van der Waals surface area contributed by atoms with Gasteiger partial charge in [0, 0.05) is 48.4 Å². The van der Waals surface area contributed by atoms with E-state index in [1.165, 1.54) is 12.1 Å². The van der Waals surface area contributed by atoms with Crippen molar-refractivity contribution in [2.75, 3.05) is 13.2 Å². The highest BCUT2D eigenvalue weighted by molar-refractivity contribution is 6.74. The van der Waals surface area contributed by atoms with Crippen molar-refractivity contribution >= 4 is 14.3 Å². The number of halogens is 3. The first-order chi connectivity index (χ1) is 18.9. The van der Waals surface area contributed by atoms with Crippen LogP contribution in [-0.4, -0.2) is 37.6 Å². The quantitative estimate of drug-likeness (QED) is 0.364. The fourth-order valence-corrected chi connectivity index (χ4v) is 7.58. The lowest BCUT2D eigenvalue weighted by molar-refractivity contribution is -0.137. The highest BCUT2D eigenvalue weighted by atomic mass is 28.4. The lowest BCUT2D eigenvalue weighted by Crippen LogP contribution is -2.45. The Balaban J connectivity index is 1.77. The first-order valence-electron chi connectivity index (χ1n) is 14.3. The van der Waals surface area contributed by atoms with Crippen LogP contribution in [0, 0.1) is 5.41 Å². The molecule has 2 aliphatic heterocycles.